The number of benzene rings is 1. The van der Waals surface area contributed by atoms with Crippen LogP contribution in [0.3, 0.4) is 0 Å². The smallest absolute Gasteiger partial charge is 0.503 e. The average molecular weight is 344 g/mol. The topological polar surface area (TPSA) is 94.5 Å². The zero-order valence-electron chi connectivity index (χ0n) is 13.9. The number of hydrogen-bond acceptors (Lipinski definition) is 7. The minimum atomic E-state index is -2.87. The van der Waals surface area contributed by atoms with Crippen molar-refractivity contribution in [1.82, 2.24) is 0 Å². The highest BCUT2D eigenvalue weighted by molar-refractivity contribution is 6.60. The molecule has 0 fully saturated rings. The number of hydrogen-bond donors (Lipinski definition) is 2. The van der Waals surface area contributed by atoms with Crippen molar-refractivity contribution >= 4 is 14.8 Å². The number of rotatable bonds is 9. The Kier molecular flexibility index (Phi) is 7.50. The predicted molar refractivity (Wildman–Crippen MR) is 85.5 cm³/mol. The Labute approximate surface area is 137 Å². The SMILES string of the molecule is CCCC(C[Si](OC)(OC)OC)OC(=O)c1ccc(O)c(O)c1. The third-order valence-corrected chi connectivity index (χ3v) is 6.33. The minimum absolute atomic E-state index is 0.154. The van der Waals surface area contributed by atoms with Crippen LogP contribution in [0, 0.1) is 0 Å². The Morgan fingerprint density at radius 3 is 2.22 bits per heavy atom. The van der Waals surface area contributed by atoms with Crippen molar-refractivity contribution in [3.8, 4) is 11.5 Å². The van der Waals surface area contributed by atoms with E-state index in [-0.39, 0.29) is 17.1 Å². The van der Waals surface area contributed by atoms with Gasteiger partial charge in [-0.1, -0.05) is 13.3 Å². The van der Waals surface area contributed by atoms with Crippen molar-refractivity contribution in [2.75, 3.05) is 21.3 Å². The predicted octanol–water partition coefficient (Wildman–Crippen LogP) is 2.30. The van der Waals surface area contributed by atoms with E-state index in [9.17, 15) is 15.0 Å². The van der Waals surface area contributed by atoms with Gasteiger partial charge in [-0.25, -0.2) is 4.79 Å². The lowest BCUT2D eigenvalue weighted by molar-refractivity contribution is 0.0255. The molecular formula is C15H24O7Si. The van der Waals surface area contributed by atoms with Gasteiger partial charge in [-0.05, 0) is 24.6 Å². The van der Waals surface area contributed by atoms with E-state index in [1.165, 1.54) is 33.5 Å². The average Bonchev–Trinajstić information content (AvgIpc) is 2.55. The number of ether oxygens (including phenoxy) is 1. The van der Waals surface area contributed by atoms with Crippen LogP contribution in [-0.4, -0.2) is 52.4 Å². The summed E-state index contributed by atoms with van der Waals surface area (Å²) in [6.45, 7) is 1.98. The van der Waals surface area contributed by atoms with Crippen LogP contribution in [0.25, 0.3) is 0 Å². The highest BCUT2D eigenvalue weighted by Gasteiger charge is 2.41. The molecule has 7 nitrogen and oxygen atoms in total. The molecule has 0 aliphatic heterocycles. The van der Waals surface area contributed by atoms with E-state index in [2.05, 4.69) is 0 Å². The fraction of sp³-hybridized carbons (Fsp3) is 0.533. The first-order chi connectivity index (χ1) is 10.9. The van der Waals surface area contributed by atoms with E-state index in [4.69, 9.17) is 18.0 Å². The van der Waals surface area contributed by atoms with Crippen molar-refractivity contribution < 1.29 is 33.0 Å². The van der Waals surface area contributed by atoms with Gasteiger partial charge in [-0.3, -0.25) is 0 Å². The van der Waals surface area contributed by atoms with Gasteiger partial charge in [0.05, 0.1) is 11.6 Å². The van der Waals surface area contributed by atoms with Gasteiger partial charge < -0.3 is 28.2 Å². The van der Waals surface area contributed by atoms with Crippen molar-refractivity contribution in [2.24, 2.45) is 0 Å². The molecule has 2 N–H and O–H groups in total. The van der Waals surface area contributed by atoms with Crippen molar-refractivity contribution in [2.45, 2.75) is 31.9 Å². The third-order valence-electron chi connectivity index (χ3n) is 3.51. The normalized spacial score (nSPS) is 12.9. The summed E-state index contributed by atoms with van der Waals surface area (Å²) in [6.07, 6.45) is 0.996. The molecule has 0 bridgehead atoms. The molecule has 130 valence electrons. The summed E-state index contributed by atoms with van der Waals surface area (Å²) in [4.78, 5) is 12.2. The number of carbonyl (C=O) groups excluding carboxylic acids is 1. The molecular weight excluding hydrogens is 320 g/mol. The Morgan fingerprint density at radius 1 is 1.13 bits per heavy atom. The fourth-order valence-corrected chi connectivity index (χ4v) is 4.02. The second kappa shape index (κ2) is 8.87. The van der Waals surface area contributed by atoms with Crippen molar-refractivity contribution in [1.29, 1.82) is 0 Å². The van der Waals surface area contributed by atoms with Gasteiger partial charge in [0.2, 0.25) is 0 Å². The van der Waals surface area contributed by atoms with Crippen LogP contribution >= 0.6 is 0 Å². The second-order valence-electron chi connectivity index (χ2n) is 5.02. The molecule has 1 atom stereocenters. The molecule has 0 saturated heterocycles. The Balaban J connectivity index is 2.85. The summed E-state index contributed by atoms with van der Waals surface area (Å²) in [7, 11) is 1.63. The summed E-state index contributed by atoms with van der Waals surface area (Å²) in [6, 6.07) is 4.11. The largest absolute Gasteiger partial charge is 0.504 e. The van der Waals surface area contributed by atoms with Crippen molar-refractivity contribution in [3.05, 3.63) is 23.8 Å². The zero-order valence-corrected chi connectivity index (χ0v) is 14.9. The van der Waals surface area contributed by atoms with Crippen LogP contribution in [0.1, 0.15) is 30.1 Å². The molecule has 1 rings (SSSR count). The van der Waals surface area contributed by atoms with Crippen molar-refractivity contribution in [3.63, 3.8) is 0 Å². The first-order valence-electron chi connectivity index (χ1n) is 7.29. The molecule has 1 aromatic rings. The summed E-state index contributed by atoms with van der Waals surface area (Å²) >= 11 is 0. The second-order valence-corrected chi connectivity index (χ2v) is 8.02. The zero-order chi connectivity index (χ0) is 17.5. The summed E-state index contributed by atoms with van der Waals surface area (Å²) in [5.74, 6) is -1.26. The fourth-order valence-electron chi connectivity index (χ4n) is 2.17. The molecule has 8 heteroatoms. The van der Waals surface area contributed by atoms with E-state index in [0.29, 0.717) is 12.5 Å². The molecule has 0 spiro atoms. The summed E-state index contributed by atoms with van der Waals surface area (Å²) in [5.41, 5.74) is 0.154. The van der Waals surface area contributed by atoms with Gasteiger partial charge >= 0.3 is 14.8 Å². The standard InChI is InChI=1S/C15H24O7Si/c1-5-6-12(10-23(19-2,20-3)21-4)22-15(18)11-7-8-13(16)14(17)9-11/h7-9,12,16-17H,5-6,10H2,1-4H3. The summed E-state index contributed by atoms with van der Waals surface area (Å²) < 4.78 is 21.6. The van der Waals surface area contributed by atoms with E-state index in [0.717, 1.165) is 12.5 Å². The lowest BCUT2D eigenvalue weighted by Gasteiger charge is -2.28. The first-order valence-corrected chi connectivity index (χ1v) is 9.23. The molecule has 0 aliphatic rings. The molecule has 0 saturated carbocycles. The van der Waals surface area contributed by atoms with E-state index in [1.54, 1.807) is 0 Å². The van der Waals surface area contributed by atoms with Gasteiger partial charge in [-0.15, -0.1) is 0 Å². The molecule has 0 amide bonds. The molecule has 0 aliphatic carbocycles. The lowest BCUT2D eigenvalue weighted by Crippen LogP contribution is -2.46. The number of phenols is 2. The molecule has 1 aromatic carbocycles. The van der Waals surface area contributed by atoms with E-state index >= 15 is 0 Å². The van der Waals surface area contributed by atoms with Gasteiger partial charge in [0.25, 0.3) is 0 Å². The molecule has 0 aromatic heterocycles. The van der Waals surface area contributed by atoms with Crippen LogP contribution < -0.4 is 0 Å². The third kappa shape index (κ3) is 5.21. The maximum absolute atomic E-state index is 12.2. The Hall–Kier alpha value is -1.61. The number of carbonyl (C=O) groups is 1. The first kappa shape index (κ1) is 19.4. The van der Waals surface area contributed by atoms with Gasteiger partial charge in [-0.2, -0.15) is 0 Å². The summed E-state index contributed by atoms with van der Waals surface area (Å²) in [5, 5.41) is 18.8. The van der Waals surface area contributed by atoms with Gasteiger partial charge in [0.1, 0.15) is 6.10 Å². The Bertz CT molecular complexity index is 508. The highest BCUT2D eigenvalue weighted by Crippen LogP contribution is 2.26. The molecule has 0 heterocycles. The lowest BCUT2D eigenvalue weighted by atomic mass is 10.2. The Morgan fingerprint density at radius 2 is 1.74 bits per heavy atom. The minimum Gasteiger partial charge on any atom is -0.504 e. The quantitative estimate of drug-likeness (QED) is 0.403. The number of aromatic hydroxyl groups is 2. The van der Waals surface area contributed by atoms with E-state index < -0.39 is 20.9 Å². The monoisotopic (exact) mass is 344 g/mol. The van der Waals surface area contributed by atoms with Crippen LogP contribution in [-0.2, 0) is 18.0 Å². The van der Waals surface area contributed by atoms with Crippen LogP contribution in [0.2, 0.25) is 6.04 Å². The van der Waals surface area contributed by atoms with Crippen LogP contribution in [0.5, 0.6) is 11.5 Å². The van der Waals surface area contributed by atoms with Gasteiger partial charge in [0.15, 0.2) is 11.5 Å². The molecule has 23 heavy (non-hydrogen) atoms. The molecule has 0 radical (unpaired) electrons. The van der Waals surface area contributed by atoms with E-state index in [1.807, 2.05) is 6.92 Å². The number of phenolic OH excluding ortho intramolecular Hbond substituents is 2. The maximum atomic E-state index is 12.2. The molecule has 1 unspecified atom stereocenters. The van der Waals surface area contributed by atoms with Gasteiger partial charge in [0, 0.05) is 21.3 Å². The van der Waals surface area contributed by atoms with Crippen LogP contribution in [0.4, 0.5) is 0 Å². The highest BCUT2D eigenvalue weighted by atomic mass is 28.4. The number of esters is 1. The van der Waals surface area contributed by atoms with Crippen LogP contribution in [0.15, 0.2) is 18.2 Å². The maximum Gasteiger partial charge on any atom is 0.503 e.